The minimum Gasteiger partial charge on any atom is -0.542 e. The zero-order valence-electron chi connectivity index (χ0n) is 14.1. The molecule has 1 aliphatic carbocycles. The summed E-state index contributed by atoms with van der Waals surface area (Å²) in [7, 11) is 0. The maximum absolute atomic E-state index is 14.0. The van der Waals surface area contributed by atoms with E-state index in [1.165, 1.54) is 5.56 Å². The van der Waals surface area contributed by atoms with Gasteiger partial charge in [0.25, 0.3) is 0 Å². The van der Waals surface area contributed by atoms with Gasteiger partial charge >= 0.3 is 6.18 Å². The van der Waals surface area contributed by atoms with Crippen LogP contribution in [0.4, 0.5) is 17.6 Å². The molecule has 0 aliphatic heterocycles. The lowest BCUT2D eigenvalue weighted by Gasteiger charge is -2.05. The fourth-order valence-corrected chi connectivity index (χ4v) is 2.59. The second kappa shape index (κ2) is 10.6. The van der Waals surface area contributed by atoms with Crippen molar-refractivity contribution >= 4 is 5.97 Å². The Morgan fingerprint density at radius 2 is 1.92 bits per heavy atom. The molecule has 0 bridgehead atoms. The number of nitrogens with two attached hydrogens (primary N) is 1. The molecule has 0 amide bonds. The zero-order chi connectivity index (χ0) is 19.6. The van der Waals surface area contributed by atoms with E-state index in [2.05, 4.69) is 18.2 Å². The number of halogens is 4. The molecule has 2 N–H and O–H groups in total. The number of hydrogen-bond donors (Lipinski definition) is 1. The number of rotatable bonds is 5. The van der Waals surface area contributed by atoms with Gasteiger partial charge in [0.2, 0.25) is 0 Å². The molecule has 8 heteroatoms. The molecular formula is C18H20F4N2O2. The van der Waals surface area contributed by atoms with E-state index in [0.29, 0.717) is 6.54 Å². The van der Waals surface area contributed by atoms with Crippen molar-refractivity contribution in [3.63, 3.8) is 0 Å². The Balaban J connectivity index is 0.000000412. The van der Waals surface area contributed by atoms with Crippen molar-refractivity contribution in [3.05, 3.63) is 47.3 Å². The summed E-state index contributed by atoms with van der Waals surface area (Å²) in [4.78, 5) is 8.78. The molecule has 0 heterocycles. The lowest BCUT2D eigenvalue weighted by atomic mass is 10.0. The van der Waals surface area contributed by atoms with Crippen LogP contribution in [0.1, 0.15) is 24.8 Å². The van der Waals surface area contributed by atoms with Crippen LogP contribution in [0.3, 0.4) is 0 Å². The van der Waals surface area contributed by atoms with Crippen molar-refractivity contribution in [2.24, 2.45) is 5.92 Å². The Bertz CT molecular complexity index is 651. The summed E-state index contributed by atoms with van der Waals surface area (Å²) >= 11 is 0. The summed E-state index contributed by atoms with van der Waals surface area (Å²) in [6, 6.07) is 12.4. The maximum atomic E-state index is 14.0. The predicted molar refractivity (Wildman–Crippen MR) is 84.0 cm³/mol. The van der Waals surface area contributed by atoms with E-state index in [0.717, 1.165) is 37.8 Å². The van der Waals surface area contributed by atoms with E-state index in [1.807, 2.05) is 23.5 Å². The van der Waals surface area contributed by atoms with Crippen molar-refractivity contribution in [1.29, 1.82) is 5.26 Å². The highest BCUT2D eigenvalue weighted by atomic mass is 19.4. The Hall–Kier alpha value is -2.40. The maximum Gasteiger partial charge on any atom is 0.430 e. The number of benzene rings is 1. The van der Waals surface area contributed by atoms with Crippen LogP contribution in [-0.2, 0) is 11.2 Å². The topological polar surface area (TPSA) is 80.5 Å². The number of alkyl halides is 3. The van der Waals surface area contributed by atoms with Gasteiger partial charge in [-0.25, -0.2) is 4.39 Å². The van der Waals surface area contributed by atoms with Crippen molar-refractivity contribution in [2.75, 3.05) is 13.1 Å². The van der Waals surface area contributed by atoms with Crippen LogP contribution in [0.2, 0.25) is 0 Å². The van der Waals surface area contributed by atoms with Crippen molar-refractivity contribution in [3.8, 4) is 6.07 Å². The molecule has 1 aliphatic rings. The SMILES string of the molecule is N#CC1CCC/C1=C(/F)C[NH2+]CCc1ccccc1.O=C([O-])C(F)(F)F. The minimum atomic E-state index is -5.19. The molecule has 1 aromatic rings. The number of carbonyl (C=O) groups excluding carboxylic acids is 1. The highest BCUT2D eigenvalue weighted by Crippen LogP contribution is 2.32. The first-order chi connectivity index (χ1) is 12.3. The highest BCUT2D eigenvalue weighted by molar-refractivity contribution is 5.70. The molecular weight excluding hydrogens is 352 g/mol. The van der Waals surface area contributed by atoms with E-state index in [9.17, 15) is 17.6 Å². The number of aliphatic carboxylic acids is 1. The highest BCUT2D eigenvalue weighted by Gasteiger charge is 2.28. The van der Waals surface area contributed by atoms with Gasteiger partial charge in [0.1, 0.15) is 12.5 Å². The number of allylic oxidation sites excluding steroid dienone is 1. The zero-order valence-corrected chi connectivity index (χ0v) is 14.1. The van der Waals surface area contributed by atoms with Crippen LogP contribution in [-0.4, -0.2) is 25.2 Å². The van der Waals surface area contributed by atoms with E-state index < -0.39 is 12.1 Å². The van der Waals surface area contributed by atoms with E-state index in [-0.39, 0.29) is 11.7 Å². The monoisotopic (exact) mass is 372 g/mol. The summed E-state index contributed by atoms with van der Waals surface area (Å²) in [5.41, 5.74) is 2.03. The molecule has 0 saturated heterocycles. The van der Waals surface area contributed by atoms with Gasteiger partial charge in [0, 0.05) is 6.42 Å². The van der Waals surface area contributed by atoms with Gasteiger partial charge in [-0.2, -0.15) is 18.4 Å². The number of nitriles is 1. The summed E-state index contributed by atoms with van der Waals surface area (Å²) in [6.45, 7) is 1.25. The smallest absolute Gasteiger partial charge is 0.430 e. The number of hydrogen-bond acceptors (Lipinski definition) is 3. The average Bonchev–Trinajstić information content (AvgIpc) is 3.08. The van der Waals surface area contributed by atoms with Gasteiger partial charge in [-0.05, 0) is 30.4 Å². The standard InChI is InChI=1S/C16H19FN2.C2HF3O2/c17-16(15-8-4-7-14(15)11-18)12-19-10-9-13-5-2-1-3-6-13;3-2(4,5)1(6)7/h1-3,5-6,14,19H,4,7-10,12H2;(H,6,7)/b16-15-;. The molecule has 1 fully saturated rings. The minimum absolute atomic E-state index is 0.0721. The average molecular weight is 372 g/mol. The first-order valence-corrected chi connectivity index (χ1v) is 8.16. The predicted octanol–water partition coefficient (Wildman–Crippen LogP) is 1.64. The van der Waals surface area contributed by atoms with Gasteiger partial charge in [-0.3, -0.25) is 0 Å². The van der Waals surface area contributed by atoms with Crippen LogP contribution in [0, 0.1) is 17.2 Å². The second-order valence-corrected chi connectivity index (χ2v) is 5.81. The third-order valence-electron chi connectivity index (χ3n) is 3.90. The number of quaternary nitrogens is 1. The number of carbonyl (C=O) groups is 1. The molecule has 2 rings (SSSR count). The van der Waals surface area contributed by atoms with Gasteiger partial charge in [-0.1, -0.05) is 30.3 Å². The van der Waals surface area contributed by atoms with Crippen molar-refractivity contribution in [2.45, 2.75) is 31.9 Å². The molecule has 0 aromatic heterocycles. The largest absolute Gasteiger partial charge is 0.542 e. The number of carboxylic acid groups (broad SMARTS) is 1. The molecule has 1 unspecified atom stereocenters. The molecule has 1 aromatic carbocycles. The summed E-state index contributed by atoms with van der Waals surface area (Å²) < 4.78 is 45.5. The van der Waals surface area contributed by atoms with Crippen molar-refractivity contribution in [1.82, 2.24) is 0 Å². The molecule has 0 radical (unpaired) electrons. The van der Waals surface area contributed by atoms with Gasteiger partial charge in [0.15, 0.2) is 5.83 Å². The Kier molecular flexibility index (Phi) is 8.79. The third-order valence-corrected chi connectivity index (χ3v) is 3.90. The second-order valence-electron chi connectivity index (χ2n) is 5.81. The number of nitrogens with zero attached hydrogens (tertiary/aromatic N) is 1. The molecule has 142 valence electrons. The quantitative estimate of drug-likeness (QED) is 0.630. The lowest BCUT2D eigenvalue weighted by molar-refractivity contribution is -0.648. The Morgan fingerprint density at radius 1 is 1.31 bits per heavy atom. The van der Waals surface area contributed by atoms with Gasteiger partial charge in [0.05, 0.1) is 18.5 Å². The van der Waals surface area contributed by atoms with Crippen LogP contribution < -0.4 is 10.4 Å². The molecule has 4 nitrogen and oxygen atoms in total. The Morgan fingerprint density at radius 3 is 2.46 bits per heavy atom. The fraction of sp³-hybridized carbons (Fsp3) is 0.444. The molecule has 0 spiro atoms. The normalized spacial score (nSPS) is 18.5. The van der Waals surface area contributed by atoms with E-state index in [1.54, 1.807) is 0 Å². The van der Waals surface area contributed by atoms with Gasteiger partial charge < -0.3 is 15.2 Å². The summed E-state index contributed by atoms with van der Waals surface area (Å²) in [5, 5.41) is 19.7. The third kappa shape index (κ3) is 7.66. The van der Waals surface area contributed by atoms with Crippen LogP contribution in [0.5, 0.6) is 0 Å². The first-order valence-electron chi connectivity index (χ1n) is 8.16. The fourth-order valence-electron chi connectivity index (χ4n) is 2.59. The first kappa shape index (κ1) is 21.6. The molecule has 26 heavy (non-hydrogen) atoms. The van der Waals surface area contributed by atoms with Crippen LogP contribution >= 0.6 is 0 Å². The van der Waals surface area contributed by atoms with Crippen LogP contribution in [0.25, 0.3) is 0 Å². The van der Waals surface area contributed by atoms with E-state index >= 15 is 0 Å². The molecule has 1 saturated carbocycles. The summed E-state index contributed by atoms with van der Waals surface area (Å²) in [6.07, 6.45) is -1.71. The van der Waals surface area contributed by atoms with Gasteiger partial charge in [-0.15, -0.1) is 0 Å². The summed E-state index contributed by atoms with van der Waals surface area (Å²) in [5.74, 6) is -3.26. The lowest BCUT2D eigenvalue weighted by Crippen LogP contribution is -2.85. The molecule has 1 atom stereocenters. The van der Waals surface area contributed by atoms with Crippen LogP contribution in [0.15, 0.2) is 41.7 Å². The van der Waals surface area contributed by atoms with E-state index in [4.69, 9.17) is 15.2 Å². The Labute approximate surface area is 149 Å². The number of carboxylic acids is 1. The van der Waals surface area contributed by atoms with Crippen molar-refractivity contribution < 1.29 is 32.8 Å².